The third kappa shape index (κ3) is 5.74. The van der Waals surface area contributed by atoms with Gasteiger partial charge in [-0.25, -0.2) is 0 Å². The van der Waals surface area contributed by atoms with Gasteiger partial charge < -0.3 is 15.4 Å². The Labute approximate surface area is 91.8 Å². The molecule has 4 heteroatoms. The van der Waals surface area contributed by atoms with Crippen LogP contribution in [0.15, 0.2) is 0 Å². The van der Waals surface area contributed by atoms with Gasteiger partial charge in [0.05, 0.1) is 12.6 Å². The molecule has 2 N–H and O–H groups in total. The second-order valence-corrected chi connectivity index (χ2v) is 4.07. The van der Waals surface area contributed by atoms with Crippen LogP contribution >= 0.6 is 0 Å². The largest absolute Gasteiger partial charge is 0.380 e. The molecule has 0 aromatic rings. The minimum Gasteiger partial charge on any atom is -0.380 e. The van der Waals surface area contributed by atoms with Crippen LogP contribution in [0, 0.1) is 0 Å². The molecule has 1 saturated carbocycles. The SMILES string of the molecule is CCCOCCNC(C)C(=O)NC1CC1. The highest BCUT2D eigenvalue weighted by atomic mass is 16.5. The summed E-state index contributed by atoms with van der Waals surface area (Å²) < 4.78 is 5.31. The van der Waals surface area contributed by atoms with Gasteiger partial charge in [-0.2, -0.15) is 0 Å². The van der Waals surface area contributed by atoms with E-state index in [1.165, 1.54) is 0 Å². The van der Waals surface area contributed by atoms with Crippen LogP contribution in [0.5, 0.6) is 0 Å². The van der Waals surface area contributed by atoms with E-state index in [0.29, 0.717) is 12.6 Å². The van der Waals surface area contributed by atoms with Crippen molar-refractivity contribution in [2.75, 3.05) is 19.8 Å². The number of amides is 1. The van der Waals surface area contributed by atoms with E-state index in [1.807, 2.05) is 6.92 Å². The van der Waals surface area contributed by atoms with E-state index in [2.05, 4.69) is 17.6 Å². The highest BCUT2D eigenvalue weighted by Crippen LogP contribution is 2.18. The van der Waals surface area contributed by atoms with E-state index in [0.717, 1.165) is 32.4 Å². The monoisotopic (exact) mass is 214 g/mol. The molecule has 0 radical (unpaired) electrons. The summed E-state index contributed by atoms with van der Waals surface area (Å²) in [6, 6.07) is 0.328. The van der Waals surface area contributed by atoms with Gasteiger partial charge in [-0.3, -0.25) is 4.79 Å². The molecule has 88 valence electrons. The first-order valence-electron chi connectivity index (χ1n) is 5.85. The first-order valence-corrected chi connectivity index (χ1v) is 5.85. The molecule has 0 spiro atoms. The summed E-state index contributed by atoms with van der Waals surface area (Å²) in [4.78, 5) is 11.5. The molecule has 0 saturated heterocycles. The molecule has 0 aromatic heterocycles. The van der Waals surface area contributed by atoms with Crippen LogP contribution in [0.25, 0.3) is 0 Å². The van der Waals surface area contributed by atoms with Gasteiger partial charge in [0.25, 0.3) is 0 Å². The molecule has 1 atom stereocenters. The number of carbonyl (C=O) groups is 1. The fourth-order valence-electron chi connectivity index (χ4n) is 1.24. The third-order valence-electron chi connectivity index (χ3n) is 2.36. The average Bonchev–Trinajstić information content (AvgIpc) is 3.01. The Hall–Kier alpha value is -0.610. The van der Waals surface area contributed by atoms with Crippen molar-refractivity contribution in [2.45, 2.75) is 45.2 Å². The maximum atomic E-state index is 11.5. The second kappa shape index (κ2) is 6.80. The van der Waals surface area contributed by atoms with Crippen LogP contribution in [0.2, 0.25) is 0 Å². The summed E-state index contributed by atoms with van der Waals surface area (Å²) in [5.74, 6) is 0.105. The minimum atomic E-state index is -0.115. The normalized spacial score (nSPS) is 17.5. The molecule has 1 fully saturated rings. The number of hydrogen-bond acceptors (Lipinski definition) is 3. The molecule has 1 unspecified atom stereocenters. The Bertz CT molecular complexity index is 193. The van der Waals surface area contributed by atoms with Gasteiger partial charge in [-0.05, 0) is 26.2 Å². The predicted octanol–water partition coefficient (Wildman–Crippen LogP) is 0.670. The van der Waals surface area contributed by atoms with E-state index in [9.17, 15) is 4.79 Å². The minimum absolute atomic E-state index is 0.105. The first kappa shape index (κ1) is 12.5. The van der Waals surface area contributed by atoms with Crippen molar-refractivity contribution in [3.8, 4) is 0 Å². The number of ether oxygens (including phenoxy) is 1. The number of hydrogen-bond donors (Lipinski definition) is 2. The molecule has 15 heavy (non-hydrogen) atoms. The van der Waals surface area contributed by atoms with Gasteiger partial charge in [0.2, 0.25) is 5.91 Å². The second-order valence-electron chi connectivity index (χ2n) is 4.07. The summed E-state index contributed by atoms with van der Waals surface area (Å²) in [7, 11) is 0. The summed E-state index contributed by atoms with van der Waals surface area (Å²) in [6.07, 6.45) is 3.31. The fraction of sp³-hybridized carbons (Fsp3) is 0.909. The summed E-state index contributed by atoms with van der Waals surface area (Å²) >= 11 is 0. The molecule has 0 bridgehead atoms. The van der Waals surface area contributed by atoms with E-state index >= 15 is 0 Å². The van der Waals surface area contributed by atoms with E-state index in [-0.39, 0.29) is 11.9 Å². The van der Waals surface area contributed by atoms with E-state index < -0.39 is 0 Å². The number of rotatable bonds is 8. The van der Waals surface area contributed by atoms with Crippen molar-refractivity contribution in [1.29, 1.82) is 0 Å². The lowest BCUT2D eigenvalue weighted by atomic mass is 10.3. The third-order valence-corrected chi connectivity index (χ3v) is 2.36. The molecule has 4 nitrogen and oxygen atoms in total. The van der Waals surface area contributed by atoms with Crippen molar-refractivity contribution >= 4 is 5.91 Å². The van der Waals surface area contributed by atoms with E-state index in [1.54, 1.807) is 0 Å². The average molecular weight is 214 g/mol. The molecule has 0 aromatic carbocycles. The highest BCUT2D eigenvalue weighted by Gasteiger charge is 2.25. The lowest BCUT2D eigenvalue weighted by Crippen LogP contribution is -2.44. The molecule has 1 rings (SSSR count). The Morgan fingerprint density at radius 1 is 1.47 bits per heavy atom. The first-order chi connectivity index (χ1) is 7.24. The predicted molar refractivity (Wildman–Crippen MR) is 59.7 cm³/mol. The van der Waals surface area contributed by atoms with Gasteiger partial charge >= 0.3 is 0 Å². The van der Waals surface area contributed by atoms with Crippen LogP contribution in [0.1, 0.15) is 33.1 Å². The Morgan fingerprint density at radius 2 is 2.20 bits per heavy atom. The molecule has 0 aliphatic heterocycles. The Kier molecular flexibility index (Phi) is 5.65. The zero-order chi connectivity index (χ0) is 11.1. The Balaban J connectivity index is 1.96. The molecule has 1 aliphatic carbocycles. The van der Waals surface area contributed by atoms with Crippen molar-refractivity contribution in [3.63, 3.8) is 0 Å². The van der Waals surface area contributed by atoms with Gasteiger partial charge in [0, 0.05) is 19.2 Å². The van der Waals surface area contributed by atoms with Crippen molar-refractivity contribution in [2.24, 2.45) is 0 Å². The van der Waals surface area contributed by atoms with E-state index in [4.69, 9.17) is 4.74 Å². The molecule has 1 aliphatic rings. The molecule has 0 heterocycles. The topological polar surface area (TPSA) is 50.4 Å². The summed E-state index contributed by atoms with van der Waals surface area (Å²) in [6.45, 7) is 6.18. The zero-order valence-corrected chi connectivity index (χ0v) is 9.71. The van der Waals surface area contributed by atoms with Gasteiger partial charge in [0.1, 0.15) is 0 Å². The van der Waals surface area contributed by atoms with Crippen LogP contribution in [-0.4, -0.2) is 37.7 Å². The molecule has 1 amide bonds. The zero-order valence-electron chi connectivity index (χ0n) is 9.71. The smallest absolute Gasteiger partial charge is 0.237 e. The van der Waals surface area contributed by atoms with Crippen molar-refractivity contribution in [1.82, 2.24) is 10.6 Å². The van der Waals surface area contributed by atoms with Gasteiger partial charge in [-0.1, -0.05) is 6.92 Å². The van der Waals surface area contributed by atoms with Crippen LogP contribution in [0.3, 0.4) is 0 Å². The van der Waals surface area contributed by atoms with Crippen molar-refractivity contribution < 1.29 is 9.53 Å². The summed E-state index contributed by atoms with van der Waals surface area (Å²) in [5.41, 5.74) is 0. The van der Waals surface area contributed by atoms with Crippen LogP contribution < -0.4 is 10.6 Å². The van der Waals surface area contributed by atoms with Crippen LogP contribution in [0.4, 0.5) is 0 Å². The maximum Gasteiger partial charge on any atom is 0.237 e. The highest BCUT2D eigenvalue weighted by molar-refractivity contribution is 5.81. The maximum absolute atomic E-state index is 11.5. The molecular weight excluding hydrogens is 192 g/mol. The lowest BCUT2D eigenvalue weighted by Gasteiger charge is -2.13. The van der Waals surface area contributed by atoms with Crippen LogP contribution in [-0.2, 0) is 9.53 Å². The quantitative estimate of drug-likeness (QED) is 0.584. The lowest BCUT2D eigenvalue weighted by molar-refractivity contribution is -0.122. The van der Waals surface area contributed by atoms with Crippen molar-refractivity contribution in [3.05, 3.63) is 0 Å². The Morgan fingerprint density at radius 3 is 2.80 bits per heavy atom. The number of nitrogens with one attached hydrogen (secondary N) is 2. The van der Waals surface area contributed by atoms with Gasteiger partial charge in [0.15, 0.2) is 0 Å². The molecular formula is C11H22N2O2. The summed E-state index contributed by atoms with van der Waals surface area (Å²) in [5, 5.41) is 6.10. The van der Waals surface area contributed by atoms with Gasteiger partial charge in [-0.15, -0.1) is 0 Å². The fourth-order valence-corrected chi connectivity index (χ4v) is 1.24. The standard InChI is InChI=1S/C11H22N2O2/c1-3-7-15-8-6-12-9(2)11(14)13-10-4-5-10/h9-10,12H,3-8H2,1-2H3,(H,13,14). The number of carbonyl (C=O) groups excluding carboxylic acids is 1.